The third-order valence-corrected chi connectivity index (χ3v) is 7.65. The lowest BCUT2D eigenvalue weighted by Crippen LogP contribution is -2.20. The quantitative estimate of drug-likeness (QED) is 0.421. The van der Waals surface area contributed by atoms with Gasteiger partial charge in [-0.25, -0.2) is 4.39 Å². The summed E-state index contributed by atoms with van der Waals surface area (Å²) in [5, 5.41) is 3.48. The molecule has 0 radical (unpaired) electrons. The van der Waals surface area contributed by atoms with Gasteiger partial charge in [0.25, 0.3) is 6.47 Å². The molecule has 1 fully saturated rings. The minimum Gasteiger partial charge on any atom is -0.490 e. The van der Waals surface area contributed by atoms with E-state index in [1.54, 1.807) is 6.07 Å². The molecule has 4 nitrogen and oxygen atoms in total. The first kappa shape index (κ1) is 29.0. The molecule has 37 heavy (non-hydrogen) atoms. The predicted octanol–water partition coefficient (Wildman–Crippen LogP) is 8.12. The fourth-order valence-electron chi connectivity index (χ4n) is 5.92. The van der Waals surface area contributed by atoms with E-state index in [4.69, 9.17) is 9.47 Å². The number of fused-ring (bicyclic) bond motifs is 2. The maximum Gasteiger partial charge on any atom is 0.293 e. The lowest BCUT2D eigenvalue weighted by atomic mass is 9.84. The van der Waals surface area contributed by atoms with Crippen LogP contribution in [0.5, 0.6) is 5.75 Å². The molecule has 1 aliphatic carbocycles. The van der Waals surface area contributed by atoms with Crippen molar-refractivity contribution >= 4 is 12.2 Å². The second-order valence-corrected chi connectivity index (χ2v) is 10.7. The molecule has 1 saturated carbocycles. The van der Waals surface area contributed by atoms with Crippen LogP contribution in [-0.4, -0.2) is 25.7 Å². The van der Waals surface area contributed by atoms with Crippen molar-refractivity contribution in [2.24, 2.45) is 5.92 Å². The van der Waals surface area contributed by atoms with Gasteiger partial charge < -0.3 is 14.8 Å². The second-order valence-electron chi connectivity index (χ2n) is 10.7. The van der Waals surface area contributed by atoms with Crippen LogP contribution >= 0.6 is 0 Å². The van der Waals surface area contributed by atoms with Crippen molar-refractivity contribution in [3.05, 3.63) is 45.8 Å². The van der Waals surface area contributed by atoms with Crippen molar-refractivity contribution in [3.63, 3.8) is 0 Å². The number of carbonyl (C=O) groups is 1. The van der Waals surface area contributed by atoms with Crippen LogP contribution in [0.2, 0.25) is 0 Å². The SMILES string of the molecule is CC1CCCC(OC=O)C1.CCC.CCc1c(C)cc2c(c1-c1cc(F)c3c(c1C)CCCO3)CCN2. The van der Waals surface area contributed by atoms with Crippen LogP contribution in [-0.2, 0) is 28.8 Å². The Morgan fingerprint density at radius 1 is 1.11 bits per heavy atom. The highest BCUT2D eigenvalue weighted by Crippen LogP contribution is 2.43. The van der Waals surface area contributed by atoms with E-state index in [2.05, 4.69) is 52.9 Å². The molecule has 2 heterocycles. The molecular formula is C32H46FNO3. The predicted molar refractivity (Wildman–Crippen MR) is 151 cm³/mol. The van der Waals surface area contributed by atoms with Crippen LogP contribution in [0.3, 0.4) is 0 Å². The number of anilines is 1. The van der Waals surface area contributed by atoms with E-state index >= 15 is 0 Å². The van der Waals surface area contributed by atoms with E-state index in [0.717, 1.165) is 62.1 Å². The topological polar surface area (TPSA) is 47.6 Å². The molecule has 2 aromatic rings. The standard InChI is InChI=1S/C21H24FNO.C8H14O2.C3H8/c1-4-14-12(2)10-19-16(7-8-23-19)20(14)17-11-18(22)21-15(13(17)3)6-5-9-24-21;1-7-3-2-4-8(5-7)10-6-9;1-3-2/h10-11,23H,4-9H2,1-3H3;6-8H,2-5H2,1H3;3H2,1-2H3. The van der Waals surface area contributed by atoms with Gasteiger partial charge in [0.05, 0.1) is 6.61 Å². The van der Waals surface area contributed by atoms with E-state index < -0.39 is 0 Å². The van der Waals surface area contributed by atoms with Crippen molar-refractivity contribution in [1.29, 1.82) is 0 Å². The van der Waals surface area contributed by atoms with Gasteiger partial charge >= 0.3 is 0 Å². The van der Waals surface area contributed by atoms with E-state index in [9.17, 15) is 9.18 Å². The van der Waals surface area contributed by atoms with Crippen molar-refractivity contribution in [3.8, 4) is 16.9 Å². The summed E-state index contributed by atoms with van der Waals surface area (Å²) in [6.07, 6.45) is 9.90. The Balaban J connectivity index is 0.000000244. The van der Waals surface area contributed by atoms with Crippen LogP contribution in [0.25, 0.3) is 11.1 Å². The zero-order valence-electron chi connectivity index (χ0n) is 23.8. The molecule has 2 atom stereocenters. The Morgan fingerprint density at radius 3 is 2.54 bits per heavy atom. The van der Waals surface area contributed by atoms with Crippen LogP contribution in [0.1, 0.15) is 94.0 Å². The molecule has 5 heteroatoms. The number of hydrogen-bond donors (Lipinski definition) is 1. The molecule has 3 aliphatic rings. The summed E-state index contributed by atoms with van der Waals surface area (Å²) >= 11 is 0. The highest BCUT2D eigenvalue weighted by molar-refractivity contribution is 5.83. The molecule has 2 unspecified atom stereocenters. The highest BCUT2D eigenvalue weighted by atomic mass is 19.1. The van der Waals surface area contributed by atoms with Crippen molar-refractivity contribution < 1.29 is 18.7 Å². The van der Waals surface area contributed by atoms with Crippen molar-refractivity contribution in [2.45, 2.75) is 105 Å². The monoisotopic (exact) mass is 511 g/mol. The van der Waals surface area contributed by atoms with Crippen molar-refractivity contribution in [1.82, 2.24) is 0 Å². The molecule has 5 rings (SSSR count). The number of rotatable bonds is 4. The first-order chi connectivity index (χ1) is 17.9. The zero-order valence-corrected chi connectivity index (χ0v) is 23.8. The number of aryl methyl sites for hydroxylation is 1. The number of nitrogens with one attached hydrogen (secondary N) is 1. The first-order valence-corrected chi connectivity index (χ1v) is 14.3. The fourth-order valence-corrected chi connectivity index (χ4v) is 5.92. The number of carbonyl (C=O) groups excluding carboxylic acids is 1. The Bertz CT molecular complexity index is 1060. The van der Waals surface area contributed by atoms with E-state index in [-0.39, 0.29) is 11.9 Å². The van der Waals surface area contributed by atoms with Gasteiger partial charge in [-0.1, -0.05) is 40.5 Å². The average molecular weight is 512 g/mol. The van der Waals surface area contributed by atoms with Gasteiger partial charge in [0.15, 0.2) is 11.6 Å². The lowest BCUT2D eigenvalue weighted by molar-refractivity contribution is -0.135. The minimum absolute atomic E-state index is 0.209. The molecule has 0 amide bonds. The van der Waals surface area contributed by atoms with Gasteiger partial charge in [-0.3, -0.25) is 4.79 Å². The normalized spacial score (nSPS) is 19.5. The molecule has 0 saturated heterocycles. The Morgan fingerprint density at radius 2 is 1.86 bits per heavy atom. The van der Waals surface area contributed by atoms with Crippen molar-refractivity contribution in [2.75, 3.05) is 18.5 Å². The van der Waals surface area contributed by atoms with Gasteiger partial charge in [0.2, 0.25) is 0 Å². The van der Waals surface area contributed by atoms with E-state index in [1.807, 2.05) is 0 Å². The van der Waals surface area contributed by atoms with Gasteiger partial charge in [0, 0.05) is 17.8 Å². The zero-order chi connectivity index (χ0) is 26.9. The Hall–Kier alpha value is -2.56. The maximum absolute atomic E-state index is 14.7. The highest BCUT2D eigenvalue weighted by Gasteiger charge is 2.26. The fraction of sp³-hybridized carbons (Fsp3) is 0.594. The number of ether oxygens (including phenoxy) is 2. The summed E-state index contributed by atoms with van der Waals surface area (Å²) in [6, 6.07) is 3.95. The third kappa shape index (κ3) is 6.86. The molecule has 204 valence electrons. The summed E-state index contributed by atoms with van der Waals surface area (Å²) in [7, 11) is 0. The lowest BCUT2D eigenvalue weighted by Gasteiger charge is -2.24. The van der Waals surface area contributed by atoms with Gasteiger partial charge in [-0.2, -0.15) is 0 Å². The minimum atomic E-state index is -0.214. The van der Waals surface area contributed by atoms with Gasteiger partial charge in [-0.15, -0.1) is 0 Å². The third-order valence-electron chi connectivity index (χ3n) is 7.65. The molecule has 1 N–H and O–H groups in total. The molecule has 2 aromatic carbocycles. The summed E-state index contributed by atoms with van der Waals surface area (Å²) in [5.74, 6) is 0.996. The van der Waals surface area contributed by atoms with Gasteiger partial charge in [-0.05, 0) is 110 Å². The summed E-state index contributed by atoms with van der Waals surface area (Å²) in [4.78, 5) is 9.96. The van der Waals surface area contributed by atoms with Crippen LogP contribution in [0, 0.1) is 25.6 Å². The largest absolute Gasteiger partial charge is 0.490 e. The second kappa shape index (κ2) is 13.8. The van der Waals surface area contributed by atoms with E-state index in [0.29, 0.717) is 18.8 Å². The van der Waals surface area contributed by atoms with Gasteiger partial charge in [0.1, 0.15) is 6.10 Å². The number of benzene rings is 2. The summed E-state index contributed by atoms with van der Waals surface area (Å²) in [5.41, 5.74) is 9.73. The number of hydrogen-bond acceptors (Lipinski definition) is 4. The molecule has 0 bridgehead atoms. The maximum atomic E-state index is 14.7. The molecule has 2 aliphatic heterocycles. The van der Waals surface area contributed by atoms with Crippen LogP contribution < -0.4 is 10.1 Å². The first-order valence-electron chi connectivity index (χ1n) is 14.3. The van der Waals surface area contributed by atoms with Crippen LogP contribution in [0.15, 0.2) is 12.1 Å². The molecule has 0 aromatic heterocycles. The summed E-state index contributed by atoms with van der Waals surface area (Å²) < 4.78 is 25.2. The van der Waals surface area contributed by atoms with E-state index in [1.165, 1.54) is 52.8 Å². The molecule has 0 spiro atoms. The summed E-state index contributed by atoms with van der Waals surface area (Å²) in [6.45, 7) is 15.1. The Labute approximate surface area is 223 Å². The smallest absolute Gasteiger partial charge is 0.293 e. The Kier molecular flexibility index (Phi) is 10.8. The average Bonchev–Trinajstić information content (AvgIpc) is 3.35. The molecular weight excluding hydrogens is 465 g/mol. The number of halogens is 1. The van der Waals surface area contributed by atoms with Crippen LogP contribution in [0.4, 0.5) is 10.1 Å².